The Morgan fingerprint density at radius 2 is 2.18 bits per heavy atom. The summed E-state index contributed by atoms with van der Waals surface area (Å²) >= 11 is 1.32. The molecule has 0 aliphatic heterocycles. The minimum atomic E-state index is -0.385. The molecule has 88 valence electrons. The topological polar surface area (TPSA) is 55.1 Å². The van der Waals surface area contributed by atoms with Crippen molar-refractivity contribution in [1.82, 2.24) is 0 Å². The van der Waals surface area contributed by atoms with Crippen molar-refractivity contribution in [2.45, 2.75) is 6.92 Å². The molecule has 0 saturated heterocycles. The van der Waals surface area contributed by atoms with E-state index in [9.17, 15) is 9.18 Å². The van der Waals surface area contributed by atoms with E-state index in [2.05, 4.69) is 5.32 Å². The predicted octanol–water partition coefficient (Wildman–Crippen LogP) is 3.03. The highest BCUT2D eigenvalue weighted by atomic mass is 32.1. The number of rotatable bonds is 2. The third-order valence-electron chi connectivity index (χ3n) is 2.26. The van der Waals surface area contributed by atoms with E-state index in [-0.39, 0.29) is 11.7 Å². The van der Waals surface area contributed by atoms with E-state index in [0.29, 0.717) is 16.3 Å². The summed E-state index contributed by atoms with van der Waals surface area (Å²) < 4.78 is 12.9. The van der Waals surface area contributed by atoms with Gasteiger partial charge in [-0.2, -0.15) is 0 Å². The second-order valence-electron chi connectivity index (χ2n) is 3.59. The number of aryl methyl sites for hydroxylation is 1. The van der Waals surface area contributed by atoms with Crippen LogP contribution in [0.1, 0.15) is 14.5 Å². The summed E-state index contributed by atoms with van der Waals surface area (Å²) in [6, 6.07) is 7.38. The van der Waals surface area contributed by atoms with Gasteiger partial charge in [0, 0.05) is 16.3 Å². The zero-order valence-corrected chi connectivity index (χ0v) is 9.98. The smallest absolute Gasteiger partial charge is 0.265 e. The minimum Gasteiger partial charge on any atom is -0.398 e. The van der Waals surface area contributed by atoms with Gasteiger partial charge in [-0.3, -0.25) is 4.79 Å². The number of nitrogens with one attached hydrogen (secondary N) is 1. The summed E-state index contributed by atoms with van der Waals surface area (Å²) in [5, 5.41) is 2.62. The SMILES string of the molecule is Cc1sc(C(=O)Nc2cccc(F)c2)cc1N. The molecule has 2 aromatic rings. The van der Waals surface area contributed by atoms with Gasteiger partial charge in [0.05, 0.1) is 4.88 Å². The number of hydrogen-bond acceptors (Lipinski definition) is 3. The lowest BCUT2D eigenvalue weighted by molar-refractivity contribution is 0.103. The lowest BCUT2D eigenvalue weighted by Crippen LogP contribution is -2.10. The molecule has 5 heteroatoms. The molecule has 0 fully saturated rings. The number of carbonyl (C=O) groups is 1. The van der Waals surface area contributed by atoms with Crippen LogP contribution in [0, 0.1) is 12.7 Å². The van der Waals surface area contributed by atoms with E-state index < -0.39 is 0 Å². The van der Waals surface area contributed by atoms with Crippen LogP contribution in [-0.2, 0) is 0 Å². The highest BCUT2D eigenvalue weighted by molar-refractivity contribution is 7.14. The summed E-state index contributed by atoms with van der Waals surface area (Å²) in [6.45, 7) is 1.85. The van der Waals surface area contributed by atoms with Gasteiger partial charge in [0.1, 0.15) is 5.82 Å². The third kappa shape index (κ3) is 2.62. The summed E-state index contributed by atoms with van der Waals surface area (Å²) in [5.41, 5.74) is 6.69. The molecule has 0 saturated carbocycles. The Morgan fingerprint density at radius 3 is 2.76 bits per heavy atom. The van der Waals surface area contributed by atoms with Crippen LogP contribution in [0.4, 0.5) is 15.8 Å². The molecule has 0 spiro atoms. The first kappa shape index (κ1) is 11.6. The zero-order chi connectivity index (χ0) is 12.4. The number of carbonyl (C=O) groups excluding carboxylic acids is 1. The standard InChI is InChI=1S/C12H11FN2OS/c1-7-10(14)6-11(17-7)12(16)15-9-4-2-3-8(13)5-9/h2-6H,14H2,1H3,(H,15,16). The molecule has 3 nitrogen and oxygen atoms in total. The van der Waals surface area contributed by atoms with Crippen LogP contribution in [0.2, 0.25) is 0 Å². The van der Waals surface area contributed by atoms with Crippen molar-refractivity contribution in [3.05, 3.63) is 45.9 Å². The zero-order valence-electron chi connectivity index (χ0n) is 9.16. The number of benzene rings is 1. The Bertz CT molecular complexity index is 546. The molecule has 0 atom stereocenters. The molecule has 1 aromatic heterocycles. The highest BCUT2D eigenvalue weighted by Gasteiger charge is 2.11. The van der Waals surface area contributed by atoms with Gasteiger partial charge in [-0.1, -0.05) is 6.07 Å². The van der Waals surface area contributed by atoms with Crippen LogP contribution in [-0.4, -0.2) is 5.91 Å². The van der Waals surface area contributed by atoms with E-state index in [0.717, 1.165) is 4.88 Å². The molecule has 1 aromatic carbocycles. The maximum atomic E-state index is 12.9. The Balaban J connectivity index is 2.17. The van der Waals surface area contributed by atoms with Gasteiger partial charge >= 0.3 is 0 Å². The van der Waals surface area contributed by atoms with Crippen LogP contribution >= 0.6 is 11.3 Å². The average molecular weight is 250 g/mol. The second-order valence-corrected chi connectivity index (χ2v) is 4.84. The Morgan fingerprint density at radius 1 is 1.41 bits per heavy atom. The molecule has 0 aliphatic carbocycles. The Labute approximate surface area is 102 Å². The normalized spacial score (nSPS) is 10.2. The molecule has 1 amide bonds. The first-order valence-corrected chi connectivity index (χ1v) is 5.81. The molecule has 17 heavy (non-hydrogen) atoms. The van der Waals surface area contributed by atoms with E-state index in [4.69, 9.17) is 5.73 Å². The van der Waals surface area contributed by atoms with Crippen molar-refractivity contribution in [2.75, 3.05) is 11.1 Å². The van der Waals surface area contributed by atoms with Crippen molar-refractivity contribution in [3.8, 4) is 0 Å². The molecule has 0 unspecified atom stereocenters. The van der Waals surface area contributed by atoms with Crippen molar-refractivity contribution >= 4 is 28.6 Å². The lowest BCUT2D eigenvalue weighted by atomic mass is 10.3. The molecule has 0 aliphatic rings. The maximum absolute atomic E-state index is 12.9. The van der Waals surface area contributed by atoms with Crippen LogP contribution in [0.5, 0.6) is 0 Å². The summed E-state index contributed by atoms with van der Waals surface area (Å²) in [7, 11) is 0. The number of anilines is 2. The quantitative estimate of drug-likeness (QED) is 0.860. The number of hydrogen-bond donors (Lipinski definition) is 2. The fourth-order valence-electron chi connectivity index (χ4n) is 1.37. The fraction of sp³-hybridized carbons (Fsp3) is 0.0833. The van der Waals surface area contributed by atoms with E-state index in [1.54, 1.807) is 18.2 Å². The monoisotopic (exact) mass is 250 g/mol. The lowest BCUT2D eigenvalue weighted by Gasteiger charge is -2.02. The first-order chi connectivity index (χ1) is 8.06. The molecule has 1 heterocycles. The number of nitrogen functional groups attached to an aromatic ring is 1. The van der Waals surface area contributed by atoms with Gasteiger partial charge in [-0.25, -0.2) is 4.39 Å². The Hall–Kier alpha value is -1.88. The van der Waals surface area contributed by atoms with Gasteiger partial charge in [0.2, 0.25) is 0 Å². The average Bonchev–Trinajstić information content (AvgIpc) is 2.59. The molecule has 0 radical (unpaired) electrons. The fourth-order valence-corrected chi connectivity index (χ4v) is 2.20. The summed E-state index contributed by atoms with van der Waals surface area (Å²) in [5.74, 6) is -0.662. The van der Waals surface area contributed by atoms with Crippen LogP contribution in [0.15, 0.2) is 30.3 Å². The molecule has 0 bridgehead atoms. The molecule has 2 rings (SSSR count). The number of thiophene rings is 1. The van der Waals surface area contributed by atoms with Gasteiger partial charge < -0.3 is 11.1 Å². The van der Waals surface area contributed by atoms with Crippen LogP contribution in [0.25, 0.3) is 0 Å². The van der Waals surface area contributed by atoms with Gasteiger partial charge in [0.15, 0.2) is 0 Å². The number of halogens is 1. The maximum Gasteiger partial charge on any atom is 0.265 e. The largest absolute Gasteiger partial charge is 0.398 e. The van der Waals surface area contributed by atoms with Gasteiger partial charge in [-0.05, 0) is 31.2 Å². The van der Waals surface area contributed by atoms with Gasteiger partial charge in [-0.15, -0.1) is 11.3 Å². The summed E-state index contributed by atoms with van der Waals surface area (Å²) in [6.07, 6.45) is 0. The van der Waals surface area contributed by atoms with Gasteiger partial charge in [0.25, 0.3) is 5.91 Å². The molecule has 3 N–H and O–H groups in total. The van der Waals surface area contributed by atoms with Crippen LogP contribution in [0.3, 0.4) is 0 Å². The Kier molecular flexibility index (Phi) is 3.10. The molecular weight excluding hydrogens is 239 g/mol. The third-order valence-corrected chi connectivity index (χ3v) is 3.33. The van der Waals surface area contributed by atoms with E-state index in [1.165, 1.54) is 23.5 Å². The van der Waals surface area contributed by atoms with Crippen molar-refractivity contribution in [3.63, 3.8) is 0 Å². The highest BCUT2D eigenvalue weighted by Crippen LogP contribution is 2.24. The predicted molar refractivity (Wildman–Crippen MR) is 67.8 cm³/mol. The second kappa shape index (κ2) is 4.55. The van der Waals surface area contributed by atoms with Crippen molar-refractivity contribution in [1.29, 1.82) is 0 Å². The van der Waals surface area contributed by atoms with Crippen molar-refractivity contribution in [2.24, 2.45) is 0 Å². The minimum absolute atomic E-state index is 0.277. The number of amides is 1. The molecular formula is C12H11FN2OS. The van der Waals surface area contributed by atoms with Crippen molar-refractivity contribution < 1.29 is 9.18 Å². The van der Waals surface area contributed by atoms with E-state index >= 15 is 0 Å². The first-order valence-electron chi connectivity index (χ1n) is 4.99. The van der Waals surface area contributed by atoms with E-state index in [1.807, 2.05) is 6.92 Å². The number of nitrogens with two attached hydrogens (primary N) is 1. The van der Waals surface area contributed by atoms with Crippen LogP contribution < -0.4 is 11.1 Å². The summed E-state index contributed by atoms with van der Waals surface area (Å²) in [4.78, 5) is 13.2.